The number of aryl methyl sites for hydroxylation is 1. The number of aromatic nitrogens is 2. The Hall–Kier alpha value is -1.27. The van der Waals surface area contributed by atoms with Crippen LogP contribution in [-0.4, -0.2) is 50.3 Å². The van der Waals surface area contributed by atoms with Crippen molar-refractivity contribution in [3.63, 3.8) is 0 Å². The predicted molar refractivity (Wildman–Crippen MR) is 82.3 cm³/mol. The maximum absolute atomic E-state index is 6.22. The van der Waals surface area contributed by atoms with Crippen LogP contribution in [0.3, 0.4) is 0 Å². The van der Waals surface area contributed by atoms with E-state index in [4.69, 9.17) is 15.2 Å². The van der Waals surface area contributed by atoms with Gasteiger partial charge in [-0.25, -0.2) is 4.68 Å². The smallest absolute Gasteiger partial charge is 0.150 e. The molecule has 0 aliphatic rings. The molecule has 1 rings (SSSR count). The van der Waals surface area contributed by atoms with Crippen molar-refractivity contribution < 1.29 is 9.47 Å². The van der Waals surface area contributed by atoms with Crippen LogP contribution in [0.2, 0.25) is 0 Å². The van der Waals surface area contributed by atoms with Crippen molar-refractivity contribution in [3.05, 3.63) is 5.69 Å². The molecule has 0 fully saturated rings. The Balaban J connectivity index is 2.98. The van der Waals surface area contributed by atoms with E-state index < -0.39 is 0 Å². The van der Waals surface area contributed by atoms with Gasteiger partial charge in [0.2, 0.25) is 0 Å². The fraction of sp³-hybridized carbons (Fsp3) is 0.786. The van der Waals surface area contributed by atoms with Gasteiger partial charge in [0, 0.05) is 40.0 Å². The van der Waals surface area contributed by atoms with Gasteiger partial charge in [0.05, 0.1) is 18.0 Å². The fourth-order valence-corrected chi connectivity index (χ4v) is 2.15. The monoisotopic (exact) mass is 284 g/mol. The number of nitrogens with zero attached hydrogens (tertiary/aromatic N) is 3. The molecule has 0 bridgehead atoms. The van der Waals surface area contributed by atoms with Crippen LogP contribution in [-0.2, 0) is 9.47 Å². The normalized spacial score (nSPS) is 11.3. The van der Waals surface area contributed by atoms with Crippen molar-refractivity contribution in [2.24, 2.45) is 0 Å². The predicted octanol–water partition coefficient (Wildman–Crippen LogP) is 1.84. The molecule has 0 aliphatic carbocycles. The second kappa shape index (κ2) is 8.11. The van der Waals surface area contributed by atoms with Crippen LogP contribution in [0.1, 0.15) is 32.0 Å². The van der Waals surface area contributed by atoms with Crippen molar-refractivity contribution in [3.8, 4) is 0 Å². The topological polar surface area (TPSA) is 65.5 Å². The molecule has 0 aromatic carbocycles. The number of hydrogen-bond acceptors (Lipinski definition) is 5. The van der Waals surface area contributed by atoms with Crippen LogP contribution in [0.15, 0.2) is 0 Å². The number of ether oxygens (including phenoxy) is 2. The molecule has 1 aromatic rings. The average molecular weight is 284 g/mol. The van der Waals surface area contributed by atoms with Gasteiger partial charge in [-0.3, -0.25) is 0 Å². The van der Waals surface area contributed by atoms with Crippen LogP contribution in [0.4, 0.5) is 11.5 Å². The molecule has 0 unspecified atom stereocenters. The zero-order chi connectivity index (χ0) is 15.1. The molecule has 0 saturated heterocycles. The second-order valence-corrected chi connectivity index (χ2v) is 5.19. The molecule has 0 amide bonds. The molecule has 0 spiro atoms. The lowest BCUT2D eigenvalue weighted by Gasteiger charge is -2.26. The van der Waals surface area contributed by atoms with Crippen LogP contribution < -0.4 is 10.6 Å². The summed E-state index contributed by atoms with van der Waals surface area (Å²) >= 11 is 0. The molecule has 20 heavy (non-hydrogen) atoms. The highest BCUT2D eigenvalue weighted by Crippen LogP contribution is 2.29. The molecule has 0 saturated carbocycles. The summed E-state index contributed by atoms with van der Waals surface area (Å²) in [6, 6.07) is 0.272. The van der Waals surface area contributed by atoms with Crippen LogP contribution in [0.5, 0.6) is 0 Å². The third kappa shape index (κ3) is 4.11. The molecule has 6 nitrogen and oxygen atoms in total. The summed E-state index contributed by atoms with van der Waals surface area (Å²) in [6.07, 6.45) is 0.946. The maximum Gasteiger partial charge on any atom is 0.150 e. The summed E-state index contributed by atoms with van der Waals surface area (Å²) < 4.78 is 12.3. The minimum atomic E-state index is 0.272. The number of nitrogen functional groups attached to an aromatic ring is 1. The van der Waals surface area contributed by atoms with E-state index in [1.807, 2.05) is 11.6 Å². The highest BCUT2D eigenvalue weighted by molar-refractivity contribution is 5.66. The van der Waals surface area contributed by atoms with Crippen molar-refractivity contribution in [1.29, 1.82) is 0 Å². The average Bonchev–Trinajstić information content (AvgIpc) is 2.71. The first-order chi connectivity index (χ1) is 9.52. The first kappa shape index (κ1) is 16.8. The third-order valence-corrected chi connectivity index (χ3v) is 3.24. The summed E-state index contributed by atoms with van der Waals surface area (Å²) in [4.78, 5) is 2.23. The Morgan fingerprint density at radius 2 is 1.85 bits per heavy atom. The van der Waals surface area contributed by atoms with E-state index in [0.29, 0.717) is 6.61 Å². The Bertz CT molecular complexity index is 404. The number of rotatable bonds is 9. The maximum atomic E-state index is 6.22. The van der Waals surface area contributed by atoms with Crippen LogP contribution in [0, 0.1) is 6.92 Å². The van der Waals surface area contributed by atoms with E-state index in [2.05, 4.69) is 23.8 Å². The number of methoxy groups -OCH3 is 2. The minimum Gasteiger partial charge on any atom is -0.394 e. The van der Waals surface area contributed by atoms with Gasteiger partial charge < -0.3 is 20.1 Å². The van der Waals surface area contributed by atoms with Crippen molar-refractivity contribution in [2.45, 2.75) is 33.2 Å². The first-order valence-corrected chi connectivity index (χ1v) is 7.10. The third-order valence-electron chi connectivity index (χ3n) is 3.24. The summed E-state index contributed by atoms with van der Waals surface area (Å²) in [6.45, 7) is 9.23. The van der Waals surface area contributed by atoms with Gasteiger partial charge in [-0.2, -0.15) is 5.10 Å². The zero-order valence-corrected chi connectivity index (χ0v) is 13.3. The second-order valence-electron chi connectivity index (χ2n) is 5.19. The number of nitrogens with two attached hydrogens (primary N) is 1. The Labute approximate surface area is 121 Å². The van der Waals surface area contributed by atoms with Gasteiger partial charge in [-0.15, -0.1) is 0 Å². The molecule has 1 aromatic heterocycles. The Kier molecular flexibility index (Phi) is 6.81. The van der Waals surface area contributed by atoms with Gasteiger partial charge in [0.25, 0.3) is 0 Å². The minimum absolute atomic E-state index is 0.272. The van der Waals surface area contributed by atoms with E-state index in [0.717, 1.165) is 43.3 Å². The molecule has 6 heteroatoms. The molecule has 0 radical (unpaired) electrons. The Morgan fingerprint density at radius 3 is 2.40 bits per heavy atom. The fourth-order valence-electron chi connectivity index (χ4n) is 2.15. The SMILES string of the molecule is COCCCN(CCOC)c1c(N)c(C)nn1C(C)C. The standard InChI is InChI=1S/C14H28N4O2/c1-11(2)18-14(13(15)12(3)16-18)17(8-10-20-5)7-6-9-19-4/h11H,6-10,15H2,1-5H3. The van der Waals surface area contributed by atoms with Gasteiger partial charge in [0.15, 0.2) is 5.82 Å². The summed E-state index contributed by atoms with van der Waals surface area (Å²) in [5.41, 5.74) is 7.86. The van der Waals surface area contributed by atoms with E-state index >= 15 is 0 Å². The molecule has 116 valence electrons. The molecule has 0 aliphatic heterocycles. The van der Waals surface area contributed by atoms with E-state index in [1.54, 1.807) is 14.2 Å². The number of hydrogen-bond donors (Lipinski definition) is 1. The molecule has 0 atom stereocenters. The van der Waals surface area contributed by atoms with E-state index in [-0.39, 0.29) is 6.04 Å². The quantitative estimate of drug-likeness (QED) is 0.701. The molecule has 2 N–H and O–H groups in total. The first-order valence-electron chi connectivity index (χ1n) is 7.10. The number of anilines is 2. The van der Waals surface area contributed by atoms with Gasteiger partial charge >= 0.3 is 0 Å². The zero-order valence-electron chi connectivity index (χ0n) is 13.3. The lowest BCUT2D eigenvalue weighted by atomic mass is 10.3. The van der Waals surface area contributed by atoms with Crippen LogP contribution in [0.25, 0.3) is 0 Å². The largest absolute Gasteiger partial charge is 0.394 e. The highest BCUT2D eigenvalue weighted by atomic mass is 16.5. The van der Waals surface area contributed by atoms with E-state index in [1.165, 1.54) is 0 Å². The van der Waals surface area contributed by atoms with Crippen molar-refractivity contribution in [1.82, 2.24) is 9.78 Å². The summed E-state index contributed by atoms with van der Waals surface area (Å²) in [5, 5.41) is 4.54. The lowest BCUT2D eigenvalue weighted by molar-refractivity contribution is 0.190. The highest BCUT2D eigenvalue weighted by Gasteiger charge is 2.20. The van der Waals surface area contributed by atoms with Gasteiger partial charge in [-0.1, -0.05) is 0 Å². The summed E-state index contributed by atoms with van der Waals surface area (Å²) in [7, 11) is 3.43. The van der Waals surface area contributed by atoms with Gasteiger partial charge in [0.1, 0.15) is 0 Å². The lowest BCUT2D eigenvalue weighted by Crippen LogP contribution is -2.32. The van der Waals surface area contributed by atoms with Crippen LogP contribution >= 0.6 is 0 Å². The molecular weight excluding hydrogens is 256 g/mol. The molecule has 1 heterocycles. The van der Waals surface area contributed by atoms with Gasteiger partial charge in [-0.05, 0) is 27.2 Å². The molecular formula is C14H28N4O2. The summed E-state index contributed by atoms with van der Waals surface area (Å²) in [5.74, 6) is 0.991. The Morgan fingerprint density at radius 1 is 1.20 bits per heavy atom. The van der Waals surface area contributed by atoms with Crippen molar-refractivity contribution >= 4 is 11.5 Å². The van der Waals surface area contributed by atoms with Crippen molar-refractivity contribution in [2.75, 3.05) is 51.2 Å². The van der Waals surface area contributed by atoms with E-state index in [9.17, 15) is 0 Å².